The molecule has 144 valence electrons. The smallest absolute Gasteiger partial charge is 0.243 e. The maximum absolute atomic E-state index is 13.0. The highest BCUT2D eigenvalue weighted by atomic mass is 35.5. The summed E-state index contributed by atoms with van der Waals surface area (Å²) in [7, 11) is 0. The molecule has 0 radical (unpaired) electrons. The van der Waals surface area contributed by atoms with E-state index in [0.717, 1.165) is 32.1 Å². The lowest BCUT2D eigenvalue weighted by molar-refractivity contribution is -0.145. The van der Waals surface area contributed by atoms with Crippen LogP contribution in [-0.4, -0.2) is 30.0 Å². The van der Waals surface area contributed by atoms with Gasteiger partial charge in [0.25, 0.3) is 0 Å². The number of hydrogen-bond acceptors (Lipinski definition) is 4. The predicted octanol–water partition coefficient (Wildman–Crippen LogP) is 3.05. The van der Waals surface area contributed by atoms with Gasteiger partial charge in [0.05, 0.1) is 12.0 Å². The molecule has 0 spiro atoms. The van der Waals surface area contributed by atoms with E-state index >= 15 is 0 Å². The molecule has 7 heteroatoms. The SMILES string of the molecule is O=C(CNC(=O)C12C[C@@H]3C[C@@H](CC(Cl)(C3)C1)C2)Nc1ccc2c(c1)OCO2. The Kier molecular flexibility index (Phi) is 3.83. The predicted molar refractivity (Wildman–Crippen MR) is 99.9 cm³/mol. The van der Waals surface area contributed by atoms with Crippen LogP contribution in [0.15, 0.2) is 18.2 Å². The minimum absolute atomic E-state index is 0.0116. The molecule has 4 atom stereocenters. The third kappa shape index (κ3) is 3.04. The molecule has 2 N–H and O–H groups in total. The van der Waals surface area contributed by atoms with Crippen molar-refractivity contribution < 1.29 is 19.1 Å². The van der Waals surface area contributed by atoms with Gasteiger partial charge in [0, 0.05) is 16.6 Å². The van der Waals surface area contributed by atoms with Crippen molar-refractivity contribution >= 4 is 29.1 Å². The number of alkyl halides is 1. The largest absolute Gasteiger partial charge is 0.454 e. The van der Waals surface area contributed by atoms with Gasteiger partial charge in [-0.1, -0.05) is 0 Å². The van der Waals surface area contributed by atoms with E-state index in [9.17, 15) is 9.59 Å². The molecule has 0 saturated heterocycles. The number of rotatable bonds is 4. The zero-order valence-electron chi connectivity index (χ0n) is 15.1. The Hall–Kier alpha value is -1.95. The first kappa shape index (κ1) is 17.2. The van der Waals surface area contributed by atoms with Gasteiger partial charge in [0.1, 0.15) is 0 Å². The minimum atomic E-state index is -0.384. The zero-order valence-corrected chi connectivity index (χ0v) is 15.8. The highest BCUT2D eigenvalue weighted by molar-refractivity contribution is 6.24. The fourth-order valence-electron chi connectivity index (χ4n) is 5.94. The molecular formula is C20H23ClN2O4. The van der Waals surface area contributed by atoms with Crippen LogP contribution in [0.1, 0.15) is 38.5 Å². The first-order valence-corrected chi connectivity index (χ1v) is 9.98. The summed E-state index contributed by atoms with van der Waals surface area (Å²) in [6.45, 7) is 0.147. The molecule has 1 aliphatic heterocycles. The van der Waals surface area contributed by atoms with Crippen LogP contribution in [0.3, 0.4) is 0 Å². The van der Waals surface area contributed by atoms with Gasteiger partial charge in [-0.2, -0.15) is 0 Å². The van der Waals surface area contributed by atoms with Gasteiger partial charge < -0.3 is 20.1 Å². The third-order valence-corrected chi connectivity index (χ3v) is 6.98. The van der Waals surface area contributed by atoms with Gasteiger partial charge >= 0.3 is 0 Å². The van der Waals surface area contributed by atoms with Crippen molar-refractivity contribution in [1.29, 1.82) is 0 Å². The maximum atomic E-state index is 13.0. The Morgan fingerprint density at radius 3 is 2.59 bits per heavy atom. The van der Waals surface area contributed by atoms with E-state index in [4.69, 9.17) is 21.1 Å². The topological polar surface area (TPSA) is 76.7 Å². The molecule has 0 aromatic heterocycles. The van der Waals surface area contributed by atoms with Crippen LogP contribution < -0.4 is 20.1 Å². The second kappa shape index (κ2) is 6.03. The molecular weight excluding hydrogens is 368 g/mol. The number of nitrogens with one attached hydrogen (secondary N) is 2. The summed E-state index contributed by atoms with van der Waals surface area (Å²) in [6, 6.07) is 5.23. The van der Waals surface area contributed by atoms with Gasteiger partial charge in [-0.25, -0.2) is 0 Å². The van der Waals surface area contributed by atoms with Gasteiger partial charge in [0.2, 0.25) is 18.6 Å². The van der Waals surface area contributed by atoms with E-state index in [1.54, 1.807) is 18.2 Å². The molecule has 6 rings (SSSR count). The average Bonchev–Trinajstić information content (AvgIpc) is 3.05. The molecule has 5 aliphatic rings. The Labute approximate surface area is 162 Å². The number of carbonyl (C=O) groups is 2. The summed E-state index contributed by atoms with van der Waals surface area (Å²) in [6.07, 6.45) is 5.83. The van der Waals surface area contributed by atoms with Gasteiger partial charge in [-0.15, -0.1) is 11.6 Å². The molecule has 27 heavy (non-hydrogen) atoms. The molecule has 6 nitrogen and oxygen atoms in total. The summed E-state index contributed by atoms with van der Waals surface area (Å²) in [4.78, 5) is 25.0. The van der Waals surface area contributed by atoms with Crippen molar-refractivity contribution in [1.82, 2.24) is 5.32 Å². The molecule has 4 aliphatic carbocycles. The van der Waals surface area contributed by atoms with Crippen LogP contribution in [0, 0.1) is 17.3 Å². The molecule has 4 fully saturated rings. The van der Waals surface area contributed by atoms with Crippen molar-refractivity contribution in [3.05, 3.63) is 18.2 Å². The lowest BCUT2D eigenvalue weighted by Crippen LogP contribution is -2.58. The molecule has 2 unspecified atom stereocenters. The van der Waals surface area contributed by atoms with E-state index in [1.807, 2.05) is 0 Å². The van der Waals surface area contributed by atoms with Crippen LogP contribution in [0.25, 0.3) is 0 Å². The highest BCUT2D eigenvalue weighted by Gasteiger charge is 2.60. The minimum Gasteiger partial charge on any atom is -0.454 e. The number of halogens is 1. The van der Waals surface area contributed by atoms with Crippen molar-refractivity contribution in [2.75, 3.05) is 18.7 Å². The Morgan fingerprint density at radius 2 is 1.85 bits per heavy atom. The van der Waals surface area contributed by atoms with Crippen LogP contribution in [0.5, 0.6) is 11.5 Å². The second-order valence-corrected chi connectivity index (χ2v) is 9.49. The third-order valence-electron chi connectivity index (χ3n) is 6.54. The molecule has 1 aromatic carbocycles. The van der Waals surface area contributed by atoms with E-state index in [-0.39, 0.29) is 35.4 Å². The Morgan fingerprint density at radius 1 is 1.11 bits per heavy atom. The summed E-state index contributed by atoms with van der Waals surface area (Å²) in [5, 5.41) is 5.66. The molecule has 1 heterocycles. The van der Waals surface area contributed by atoms with Crippen LogP contribution in [0.4, 0.5) is 5.69 Å². The summed E-state index contributed by atoms with van der Waals surface area (Å²) in [5.41, 5.74) is 0.234. The van der Waals surface area contributed by atoms with Gasteiger partial charge in [-0.3, -0.25) is 9.59 Å². The van der Waals surface area contributed by atoms with Crippen molar-refractivity contribution in [3.63, 3.8) is 0 Å². The van der Waals surface area contributed by atoms with E-state index in [1.165, 1.54) is 6.42 Å². The van der Waals surface area contributed by atoms with Crippen molar-refractivity contribution in [3.8, 4) is 11.5 Å². The van der Waals surface area contributed by atoms with Crippen molar-refractivity contribution in [2.45, 2.75) is 43.4 Å². The number of hydrogen-bond donors (Lipinski definition) is 2. The maximum Gasteiger partial charge on any atom is 0.243 e. The summed E-state index contributed by atoms with van der Waals surface area (Å²) >= 11 is 6.80. The monoisotopic (exact) mass is 390 g/mol. The number of ether oxygens (including phenoxy) is 2. The molecule has 2 amide bonds. The van der Waals surface area contributed by atoms with Gasteiger partial charge in [-0.05, 0) is 62.5 Å². The first-order chi connectivity index (χ1) is 12.9. The zero-order chi connectivity index (χ0) is 18.6. The Bertz CT molecular complexity index is 797. The number of benzene rings is 1. The molecule has 4 bridgehead atoms. The number of fused-ring (bicyclic) bond motifs is 1. The second-order valence-electron chi connectivity index (χ2n) is 8.69. The number of anilines is 1. The lowest BCUT2D eigenvalue weighted by atomic mass is 9.49. The fourth-order valence-corrected chi connectivity index (χ4v) is 6.64. The van der Waals surface area contributed by atoms with Gasteiger partial charge in [0.15, 0.2) is 11.5 Å². The quantitative estimate of drug-likeness (QED) is 0.775. The standard InChI is InChI=1S/C20H23ClN2O4/c21-20-7-12-3-13(8-20)6-19(5-12,10-20)18(25)22-9-17(24)23-14-1-2-15-16(4-14)27-11-26-15/h1-2,4,12-13H,3,5-11H2,(H,22,25)(H,23,24)/t12-,13+,19?,20?. The molecule has 1 aromatic rings. The van der Waals surface area contributed by atoms with Crippen molar-refractivity contribution in [2.24, 2.45) is 17.3 Å². The highest BCUT2D eigenvalue weighted by Crippen LogP contribution is 2.63. The number of amides is 2. The Balaban J connectivity index is 1.20. The van der Waals surface area contributed by atoms with E-state index in [2.05, 4.69) is 10.6 Å². The summed E-state index contributed by atoms with van der Waals surface area (Å²) in [5.74, 6) is 2.11. The summed E-state index contributed by atoms with van der Waals surface area (Å²) < 4.78 is 10.6. The van der Waals surface area contributed by atoms with Crippen LogP contribution in [0.2, 0.25) is 0 Å². The molecule has 4 saturated carbocycles. The number of carbonyl (C=O) groups excluding carboxylic acids is 2. The lowest BCUT2D eigenvalue weighted by Gasteiger charge is -2.59. The fraction of sp³-hybridized carbons (Fsp3) is 0.600. The normalized spacial score (nSPS) is 35.1. The first-order valence-electron chi connectivity index (χ1n) is 9.60. The van der Waals surface area contributed by atoms with Crippen LogP contribution in [-0.2, 0) is 9.59 Å². The van der Waals surface area contributed by atoms with Crippen LogP contribution >= 0.6 is 11.6 Å². The van der Waals surface area contributed by atoms with E-state index in [0.29, 0.717) is 29.0 Å². The average molecular weight is 391 g/mol. The van der Waals surface area contributed by atoms with E-state index < -0.39 is 0 Å².